The van der Waals surface area contributed by atoms with Crippen LogP contribution in [-0.2, 0) is 6.42 Å². The number of H-pyrrole nitrogens is 1. The van der Waals surface area contributed by atoms with Crippen molar-refractivity contribution in [1.82, 2.24) is 10.3 Å². The second kappa shape index (κ2) is 3.30. The number of aromatic nitrogens is 1. The Morgan fingerprint density at radius 1 is 1.67 bits per heavy atom. The molecule has 0 unspecified atom stereocenters. The van der Waals surface area contributed by atoms with Crippen LogP contribution in [-0.4, -0.2) is 18.6 Å². The summed E-state index contributed by atoms with van der Waals surface area (Å²) >= 11 is 0. The van der Waals surface area contributed by atoms with Crippen LogP contribution < -0.4 is 5.32 Å². The Hall–Kier alpha value is -0.760. The van der Waals surface area contributed by atoms with Gasteiger partial charge in [-0.25, -0.2) is 0 Å². The summed E-state index contributed by atoms with van der Waals surface area (Å²) in [7, 11) is 1.96. The quantitative estimate of drug-likeness (QED) is 0.612. The van der Waals surface area contributed by atoms with Crippen molar-refractivity contribution in [2.45, 2.75) is 6.42 Å². The van der Waals surface area contributed by atoms with E-state index in [4.69, 9.17) is 0 Å². The van der Waals surface area contributed by atoms with Crippen molar-refractivity contribution in [3.8, 4) is 0 Å². The molecule has 50 valence electrons. The molecule has 9 heavy (non-hydrogen) atoms. The third-order valence-corrected chi connectivity index (χ3v) is 1.31. The monoisotopic (exact) mass is 124 g/mol. The van der Waals surface area contributed by atoms with Gasteiger partial charge < -0.3 is 10.3 Å². The zero-order chi connectivity index (χ0) is 6.53. The fourth-order valence-electron chi connectivity index (χ4n) is 0.783. The van der Waals surface area contributed by atoms with Gasteiger partial charge in [0.1, 0.15) is 0 Å². The molecular formula is C7H12N2. The molecule has 0 saturated heterocycles. The van der Waals surface area contributed by atoms with Gasteiger partial charge in [-0.3, -0.25) is 0 Å². The average molecular weight is 124 g/mol. The molecule has 0 saturated carbocycles. The number of likely N-dealkylation sites (N-methyl/N-ethyl adjacent to an activating group) is 1. The SMILES string of the molecule is CNCCc1ccc[nH]1. The molecule has 0 aliphatic carbocycles. The van der Waals surface area contributed by atoms with Crippen molar-refractivity contribution < 1.29 is 0 Å². The van der Waals surface area contributed by atoms with E-state index < -0.39 is 0 Å². The number of rotatable bonds is 3. The van der Waals surface area contributed by atoms with Crippen LogP contribution in [0, 0.1) is 0 Å². The fourth-order valence-corrected chi connectivity index (χ4v) is 0.783. The van der Waals surface area contributed by atoms with E-state index in [0.29, 0.717) is 0 Å². The molecule has 1 aromatic heterocycles. The zero-order valence-corrected chi connectivity index (χ0v) is 5.65. The van der Waals surface area contributed by atoms with Crippen molar-refractivity contribution in [2.75, 3.05) is 13.6 Å². The maximum absolute atomic E-state index is 3.13. The highest BCUT2D eigenvalue weighted by Gasteiger charge is 1.87. The first-order valence-electron chi connectivity index (χ1n) is 3.20. The molecule has 1 aromatic rings. The highest BCUT2D eigenvalue weighted by molar-refractivity contribution is 5.03. The standard InChI is InChI=1S/C7H12N2/c1-8-6-4-7-3-2-5-9-7/h2-3,5,8-9H,4,6H2,1H3. The van der Waals surface area contributed by atoms with Crippen LogP contribution in [0.4, 0.5) is 0 Å². The lowest BCUT2D eigenvalue weighted by atomic mass is 10.3. The smallest absolute Gasteiger partial charge is 0.0159 e. The largest absolute Gasteiger partial charge is 0.365 e. The summed E-state index contributed by atoms with van der Waals surface area (Å²) in [5, 5.41) is 3.09. The van der Waals surface area contributed by atoms with Crippen LogP contribution in [0.3, 0.4) is 0 Å². The molecule has 2 N–H and O–H groups in total. The van der Waals surface area contributed by atoms with Gasteiger partial charge in [-0.15, -0.1) is 0 Å². The summed E-state index contributed by atoms with van der Waals surface area (Å²) in [4.78, 5) is 3.13. The minimum Gasteiger partial charge on any atom is -0.365 e. The van der Waals surface area contributed by atoms with Gasteiger partial charge in [0.2, 0.25) is 0 Å². The molecule has 1 heterocycles. The first-order chi connectivity index (χ1) is 4.43. The molecule has 0 bridgehead atoms. The first-order valence-corrected chi connectivity index (χ1v) is 3.20. The van der Waals surface area contributed by atoms with Crippen LogP contribution in [0.5, 0.6) is 0 Å². The average Bonchev–Trinajstić information content (AvgIpc) is 2.34. The minimum absolute atomic E-state index is 1.04. The van der Waals surface area contributed by atoms with Crippen LogP contribution in [0.25, 0.3) is 0 Å². The normalized spacial score (nSPS) is 9.89. The molecule has 0 fully saturated rings. The third kappa shape index (κ3) is 1.90. The van der Waals surface area contributed by atoms with E-state index in [2.05, 4.69) is 16.4 Å². The summed E-state index contributed by atoms with van der Waals surface area (Å²) in [5.74, 6) is 0. The van der Waals surface area contributed by atoms with Crippen molar-refractivity contribution >= 4 is 0 Å². The van der Waals surface area contributed by atoms with Gasteiger partial charge in [0.05, 0.1) is 0 Å². The van der Waals surface area contributed by atoms with E-state index in [1.807, 2.05) is 19.3 Å². The zero-order valence-electron chi connectivity index (χ0n) is 5.65. The predicted molar refractivity (Wildman–Crippen MR) is 38.4 cm³/mol. The summed E-state index contributed by atoms with van der Waals surface area (Å²) in [5.41, 5.74) is 1.30. The number of nitrogens with one attached hydrogen (secondary N) is 2. The van der Waals surface area contributed by atoms with E-state index in [0.717, 1.165) is 13.0 Å². The number of hydrogen-bond donors (Lipinski definition) is 2. The lowest BCUT2D eigenvalue weighted by molar-refractivity contribution is 0.780. The molecule has 2 nitrogen and oxygen atoms in total. The molecule has 0 aliphatic heterocycles. The van der Waals surface area contributed by atoms with E-state index in [1.54, 1.807) is 0 Å². The van der Waals surface area contributed by atoms with Crippen LogP contribution >= 0.6 is 0 Å². The lowest BCUT2D eigenvalue weighted by Crippen LogP contribution is -2.10. The molecule has 0 spiro atoms. The van der Waals surface area contributed by atoms with Crippen molar-refractivity contribution in [1.29, 1.82) is 0 Å². The summed E-state index contributed by atoms with van der Waals surface area (Å²) in [6.45, 7) is 1.04. The van der Waals surface area contributed by atoms with Gasteiger partial charge in [0.15, 0.2) is 0 Å². The Morgan fingerprint density at radius 2 is 2.56 bits per heavy atom. The van der Waals surface area contributed by atoms with E-state index >= 15 is 0 Å². The summed E-state index contributed by atoms with van der Waals surface area (Å²) in [6, 6.07) is 4.11. The third-order valence-electron chi connectivity index (χ3n) is 1.31. The maximum Gasteiger partial charge on any atom is 0.0159 e. The molecule has 0 atom stereocenters. The Morgan fingerprint density at radius 3 is 3.11 bits per heavy atom. The maximum atomic E-state index is 3.13. The van der Waals surface area contributed by atoms with Crippen molar-refractivity contribution in [2.24, 2.45) is 0 Å². The van der Waals surface area contributed by atoms with E-state index in [-0.39, 0.29) is 0 Å². The first kappa shape index (κ1) is 6.36. The molecule has 0 aliphatic rings. The summed E-state index contributed by atoms with van der Waals surface area (Å²) in [6.07, 6.45) is 3.04. The highest BCUT2D eigenvalue weighted by Crippen LogP contribution is 1.92. The molecule has 0 aromatic carbocycles. The second-order valence-corrected chi connectivity index (χ2v) is 2.05. The lowest BCUT2D eigenvalue weighted by Gasteiger charge is -1.94. The number of hydrogen-bond acceptors (Lipinski definition) is 1. The van der Waals surface area contributed by atoms with Gasteiger partial charge in [-0.1, -0.05) is 0 Å². The fraction of sp³-hybridized carbons (Fsp3) is 0.429. The second-order valence-electron chi connectivity index (χ2n) is 2.05. The Labute approximate surface area is 55.3 Å². The van der Waals surface area contributed by atoms with Gasteiger partial charge in [0, 0.05) is 18.4 Å². The molecular weight excluding hydrogens is 112 g/mol. The Balaban J connectivity index is 2.30. The molecule has 0 amide bonds. The highest BCUT2D eigenvalue weighted by atomic mass is 14.8. The minimum atomic E-state index is 1.04. The summed E-state index contributed by atoms with van der Waals surface area (Å²) < 4.78 is 0. The molecule has 0 radical (unpaired) electrons. The van der Waals surface area contributed by atoms with Crippen LogP contribution in [0.2, 0.25) is 0 Å². The van der Waals surface area contributed by atoms with Crippen LogP contribution in [0.1, 0.15) is 5.69 Å². The Kier molecular flexibility index (Phi) is 2.33. The Bertz CT molecular complexity index is 144. The number of aromatic amines is 1. The van der Waals surface area contributed by atoms with Gasteiger partial charge in [-0.05, 0) is 25.6 Å². The topological polar surface area (TPSA) is 27.8 Å². The molecule has 1 rings (SSSR count). The van der Waals surface area contributed by atoms with Crippen molar-refractivity contribution in [3.05, 3.63) is 24.0 Å². The van der Waals surface area contributed by atoms with Gasteiger partial charge in [-0.2, -0.15) is 0 Å². The van der Waals surface area contributed by atoms with E-state index in [1.165, 1.54) is 5.69 Å². The van der Waals surface area contributed by atoms with Crippen LogP contribution in [0.15, 0.2) is 18.3 Å². The van der Waals surface area contributed by atoms with Gasteiger partial charge >= 0.3 is 0 Å². The van der Waals surface area contributed by atoms with Gasteiger partial charge in [0.25, 0.3) is 0 Å². The van der Waals surface area contributed by atoms with E-state index in [9.17, 15) is 0 Å². The van der Waals surface area contributed by atoms with Crippen molar-refractivity contribution in [3.63, 3.8) is 0 Å². The predicted octanol–water partition coefficient (Wildman–Crippen LogP) is 0.777. The molecule has 2 heteroatoms.